The van der Waals surface area contributed by atoms with E-state index in [1.54, 1.807) is 13.8 Å². The minimum absolute atomic E-state index is 0.124. The fourth-order valence-electron chi connectivity index (χ4n) is 2.04. The van der Waals surface area contributed by atoms with E-state index in [-0.39, 0.29) is 12.0 Å². The quantitative estimate of drug-likeness (QED) is 0.190. The van der Waals surface area contributed by atoms with Crippen molar-refractivity contribution in [2.75, 3.05) is 6.54 Å². The number of halogens is 1. The van der Waals surface area contributed by atoms with Gasteiger partial charge in [0.25, 0.3) is 0 Å². The second-order valence-electron chi connectivity index (χ2n) is 7.94. The summed E-state index contributed by atoms with van der Waals surface area (Å²) in [5.41, 5.74) is 11.3. The predicted molar refractivity (Wildman–Crippen MR) is 108 cm³/mol. The zero-order valence-corrected chi connectivity index (χ0v) is 17.4. The molecule has 0 saturated heterocycles. The van der Waals surface area contributed by atoms with Crippen molar-refractivity contribution in [3.8, 4) is 0 Å². The summed E-state index contributed by atoms with van der Waals surface area (Å²) in [5, 5.41) is 4.21. The number of benzene rings is 1. The van der Waals surface area contributed by atoms with Gasteiger partial charge in [-0.3, -0.25) is 0 Å². The fraction of sp³-hybridized carbons (Fsp3) is 0.611. The third-order valence-electron chi connectivity index (χ3n) is 3.82. The van der Waals surface area contributed by atoms with E-state index < -0.39 is 16.1 Å². The minimum Gasteiger partial charge on any atom is -0.591 e. The van der Waals surface area contributed by atoms with Gasteiger partial charge in [0, 0.05) is 15.5 Å². The lowest BCUT2D eigenvalue weighted by Gasteiger charge is -2.22. The first-order valence-electron chi connectivity index (χ1n) is 8.23. The average Bonchev–Trinajstić information content (AvgIpc) is 2.50. The number of hydrogen-bond acceptors (Lipinski definition) is 3. The predicted octanol–water partition coefficient (Wildman–Crippen LogP) is 5.88. The van der Waals surface area contributed by atoms with Gasteiger partial charge >= 0.3 is 0 Å². The smallest absolute Gasteiger partial charge is 0.153 e. The van der Waals surface area contributed by atoms with E-state index in [1.807, 2.05) is 25.1 Å². The highest BCUT2D eigenvalue weighted by Gasteiger charge is 2.32. The van der Waals surface area contributed by atoms with Crippen LogP contribution in [0.25, 0.3) is 10.4 Å². The zero-order chi connectivity index (χ0) is 19.3. The molecule has 25 heavy (non-hydrogen) atoms. The lowest BCUT2D eigenvalue weighted by molar-refractivity contribution is 0.378. The van der Waals surface area contributed by atoms with E-state index in [0.717, 1.165) is 24.0 Å². The standard InChI is InChI=1S/C18H27ClN4OS/c1-13(22-25(24)18(5,6)12-21-23-20)15-8-7-14(16(19)11-15)9-10-17(2,3)4/h7-8,11H,9-10,12H2,1-6H3/b22-13+/t25-/m0/s1. The molecule has 0 N–H and O–H groups in total. The van der Waals surface area contributed by atoms with Gasteiger partial charge in [0.2, 0.25) is 0 Å². The molecule has 0 amide bonds. The van der Waals surface area contributed by atoms with E-state index in [0.29, 0.717) is 10.7 Å². The molecule has 0 heterocycles. The molecule has 0 aromatic heterocycles. The van der Waals surface area contributed by atoms with Crippen LogP contribution < -0.4 is 0 Å². The molecule has 0 radical (unpaired) electrons. The first-order valence-corrected chi connectivity index (χ1v) is 9.72. The fourth-order valence-corrected chi connectivity index (χ4v) is 3.09. The summed E-state index contributed by atoms with van der Waals surface area (Å²) in [6, 6.07) is 5.84. The summed E-state index contributed by atoms with van der Waals surface area (Å²) in [6.07, 6.45) is 1.97. The SMILES string of the molecule is C/C(=N\[S@@+]([O-])C(C)(C)CN=[N+]=[N-])c1ccc(CCC(C)(C)C)c(Cl)c1. The number of rotatable bonds is 7. The van der Waals surface area contributed by atoms with E-state index in [1.165, 1.54) is 0 Å². The van der Waals surface area contributed by atoms with Crippen molar-refractivity contribution in [3.05, 3.63) is 44.8 Å². The zero-order valence-electron chi connectivity index (χ0n) is 15.8. The summed E-state index contributed by atoms with van der Waals surface area (Å²) < 4.78 is 16.0. The van der Waals surface area contributed by atoms with E-state index in [2.05, 4.69) is 35.2 Å². The molecule has 138 valence electrons. The van der Waals surface area contributed by atoms with Crippen molar-refractivity contribution in [1.29, 1.82) is 0 Å². The van der Waals surface area contributed by atoms with E-state index in [4.69, 9.17) is 17.1 Å². The van der Waals surface area contributed by atoms with Crippen LogP contribution in [0.4, 0.5) is 0 Å². The number of azide groups is 1. The maximum absolute atomic E-state index is 12.4. The lowest BCUT2D eigenvalue weighted by Crippen LogP contribution is -2.34. The summed E-state index contributed by atoms with van der Waals surface area (Å²) in [4.78, 5) is 2.72. The summed E-state index contributed by atoms with van der Waals surface area (Å²) in [7, 11) is 0. The van der Waals surface area contributed by atoms with Crippen molar-refractivity contribution in [2.45, 2.75) is 59.1 Å². The molecule has 1 rings (SSSR count). The highest BCUT2D eigenvalue weighted by molar-refractivity contribution is 7.91. The van der Waals surface area contributed by atoms with Gasteiger partial charge in [0.1, 0.15) is 11.4 Å². The van der Waals surface area contributed by atoms with Crippen LogP contribution >= 0.6 is 11.6 Å². The Hall–Kier alpha value is -1.20. The number of nitrogens with zero attached hydrogens (tertiary/aromatic N) is 4. The van der Waals surface area contributed by atoms with Crippen LogP contribution in [0.2, 0.25) is 5.02 Å². The Kier molecular flexibility index (Phi) is 7.82. The normalized spacial score (nSPS) is 14.2. The maximum atomic E-state index is 12.4. The molecular weight excluding hydrogens is 356 g/mol. The average molecular weight is 383 g/mol. The van der Waals surface area contributed by atoms with E-state index >= 15 is 0 Å². The number of hydrogen-bond donors (Lipinski definition) is 0. The van der Waals surface area contributed by atoms with Gasteiger partial charge in [-0.05, 0) is 56.2 Å². The van der Waals surface area contributed by atoms with Crippen molar-refractivity contribution >= 4 is 28.7 Å². The second-order valence-corrected chi connectivity index (χ2v) is 10.1. The van der Waals surface area contributed by atoms with E-state index in [9.17, 15) is 4.55 Å². The molecule has 0 bridgehead atoms. The molecule has 0 aliphatic rings. The van der Waals surface area contributed by atoms with Crippen LogP contribution in [0, 0.1) is 5.41 Å². The maximum Gasteiger partial charge on any atom is 0.153 e. The van der Waals surface area contributed by atoms with Crippen LogP contribution in [0.5, 0.6) is 0 Å². The summed E-state index contributed by atoms with van der Waals surface area (Å²) >= 11 is 4.90. The molecule has 1 atom stereocenters. The molecule has 0 fully saturated rings. The van der Waals surface area contributed by atoms with Gasteiger partial charge in [0.15, 0.2) is 4.75 Å². The number of aryl methyl sites for hydroxylation is 1. The molecule has 0 aliphatic heterocycles. The molecule has 1 aromatic carbocycles. The van der Waals surface area contributed by atoms with Crippen molar-refractivity contribution < 1.29 is 4.55 Å². The minimum atomic E-state index is -1.51. The van der Waals surface area contributed by atoms with Crippen LogP contribution in [-0.4, -0.2) is 21.6 Å². The highest BCUT2D eigenvalue weighted by atomic mass is 35.5. The molecule has 5 nitrogen and oxygen atoms in total. The van der Waals surface area contributed by atoms with Crippen LogP contribution in [0.1, 0.15) is 59.1 Å². The van der Waals surface area contributed by atoms with Crippen LogP contribution in [0.15, 0.2) is 27.7 Å². The Labute approximate surface area is 158 Å². The first-order chi connectivity index (χ1) is 11.5. The Bertz CT molecular complexity index is 676. The Morgan fingerprint density at radius 3 is 2.44 bits per heavy atom. The van der Waals surface area contributed by atoms with Crippen molar-refractivity contribution in [3.63, 3.8) is 0 Å². The van der Waals surface area contributed by atoms with Gasteiger partial charge < -0.3 is 4.55 Å². The molecule has 7 heteroatoms. The Balaban J connectivity index is 2.93. The first kappa shape index (κ1) is 21.8. The largest absolute Gasteiger partial charge is 0.591 e. The molecule has 0 aliphatic carbocycles. The summed E-state index contributed by atoms with van der Waals surface area (Å²) in [5.74, 6) is 0. The Morgan fingerprint density at radius 1 is 1.28 bits per heavy atom. The van der Waals surface area contributed by atoms with Crippen LogP contribution in [-0.2, 0) is 17.8 Å². The van der Waals surface area contributed by atoms with Gasteiger partial charge in [-0.1, -0.05) is 54.0 Å². The third kappa shape index (κ3) is 7.28. The Morgan fingerprint density at radius 2 is 1.92 bits per heavy atom. The summed E-state index contributed by atoms with van der Waals surface area (Å²) in [6.45, 7) is 12.1. The van der Waals surface area contributed by atoms with Gasteiger partial charge in [-0.2, -0.15) is 0 Å². The third-order valence-corrected chi connectivity index (χ3v) is 5.69. The molecule has 0 unspecified atom stereocenters. The van der Waals surface area contributed by atoms with Crippen LogP contribution in [0.3, 0.4) is 0 Å². The van der Waals surface area contributed by atoms with Crippen molar-refractivity contribution in [1.82, 2.24) is 0 Å². The molecular formula is C18H27ClN4OS. The topological polar surface area (TPSA) is 84.2 Å². The van der Waals surface area contributed by atoms with Gasteiger partial charge in [0.05, 0.1) is 12.3 Å². The molecule has 0 spiro atoms. The van der Waals surface area contributed by atoms with Gasteiger partial charge in [-0.25, -0.2) is 0 Å². The molecule has 1 aromatic rings. The van der Waals surface area contributed by atoms with Gasteiger partial charge in [-0.15, -0.1) is 0 Å². The van der Waals surface area contributed by atoms with Crippen molar-refractivity contribution in [2.24, 2.45) is 14.9 Å². The second kappa shape index (κ2) is 8.95. The molecule has 0 saturated carbocycles. The monoisotopic (exact) mass is 382 g/mol. The highest BCUT2D eigenvalue weighted by Crippen LogP contribution is 2.26. The lowest BCUT2D eigenvalue weighted by atomic mass is 9.88.